The number of allylic oxidation sites excluding steroid dienone is 1. The van der Waals surface area contributed by atoms with Crippen molar-refractivity contribution in [3.63, 3.8) is 0 Å². The molecule has 5 aromatic carbocycles. The first-order valence-corrected chi connectivity index (χ1v) is 16.0. The number of methoxy groups -OCH3 is 1. The molecule has 0 unspecified atom stereocenters. The van der Waals surface area contributed by atoms with Gasteiger partial charge in [-0.25, -0.2) is 9.38 Å². The molecule has 8 rings (SSSR count). The monoisotopic (exact) mass is 624 g/mol. The van der Waals surface area contributed by atoms with E-state index in [0.717, 1.165) is 51.8 Å². The maximum absolute atomic E-state index is 14.1. The van der Waals surface area contributed by atoms with Crippen LogP contribution in [-0.2, 0) is 13.0 Å². The maximum atomic E-state index is 14.1. The lowest BCUT2D eigenvalue weighted by Gasteiger charge is -2.30. The predicted octanol–water partition coefficient (Wildman–Crippen LogP) is 7.20. The van der Waals surface area contributed by atoms with E-state index in [1.54, 1.807) is 23.8 Å². The van der Waals surface area contributed by atoms with Crippen LogP contribution < -0.4 is 24.4 Å². The zero-order valence-electron chi connectivity index (χ0n) is 25.1. The Morgan fingerprint density at radius 2 is 1.72 bits per heavy atom. The second-order valence-corrected chi connectivity index (χ2v) is 12.5. The van der Waals surface area contributed by atoms with E-state index in [2.05, 4.69) is 36.4 Å². The van der Waals surface area contributed by atoms with Crippen molar-refractivity contribution in [1.29, 1.82) is 0 Å². The zero-order chi connectivity index (χ0) is 31.2. The number of aromatic nitrogens is 1. The number of hydrogen-bond acceptors (Lipinski definition) is 5. The van der Waals surface area contributed by atoms with Gasteiger partial charge < -0.3 is 9.47 Å². The minimum Gasteiger partial charge on any atom is -0.493 e. The van der Waals surface area contributed by atoms with Gasteiger partial charge in [-0.3, -0.25) is 9.36 Å². The molecule has 1 aromatic heterocycles. The van der Waals surface area contributed by atoms with Gasteiger partial charge in [0, 0.05) is 5.56 Å². The lowest BCUT2D eigenvalue weighted by molar-refractivity contribution is 0.285. The first-order chi connectivity index (χ1) is 22.6. The summed E-state index contributed by atoms with van der Waals surface area (Å²) in [5, 5.41) is 2.32. The van der Waals surface area contributed by atoms with Crippen LogP contribution in [0.2, 0.25) is 0 Å². The fourth-order valence-electron chi connectivity index (χ4n) is 6.59. The molecule has 0 fully saturated rings. The highest BCUT2D eigenvalue weighted by atomic mass is 32.1. The predicted molar refractivity (Wildman–Crippen MR) is 180 cm³/mol. The summed E-state index contributed by atoms with van der Waals surface area (Å²) in [7, 11) is 1.61. The second kappa shape index (κ2) is 11.6. The highest BCUT2D eigenvalue weighted by Crippen LogP contribution is 2.41. The summed E-state index contributed by atoms with van der Waals surface area (Å²) in [4.78, 5) is 19.8. The van der Waals surface area contributed by atoms with Crippen LogP contribution in [0.25, 0.3) is 22.5 Å². The van der Waals surface area contributed by atoms with Crippen molar-refractivity contribution in [2.24, 2.45) is 4.99 Å². The van der Waals surface area contributed by atoms with E-state index >= 15 is 0 Å². The molecular formula is C39H29FN2O3S. The quantitative estimate of drug-likeness (QED) is 0.197. The van der Waals surface area contributed by atoms with Crippen LogP contribution >= 0.6 is 11.3 Å². The van der Waals surface area contributed by atoms with Crippen LogP contribution in [0, 0.1) is 5.82 Å². The van der Waals surface area contributed by atoms with Crippen molar-refractivity contribution in [3.05, 3.63) is 168 Å². The fourth-order valence-corrected chi connectivity index (χ4v) is 7.59. The topological polar surface area (TPSA) is 52.8 Å². The Kier molecular flexibility index (Phi) is 7.11. The van der Waals surface area contributed by atoms with E-state index in [9.17, 15) is 9.18 Å². The van der Waals surface area contributed by atoms with Gasteiger partial charge in [0.1, 0.15) is 12.4 Å². The number of aryl methyl sites for hydroxylation is 1. The Labute approximate surface area is 268 Å². The Morgan fingerprint density at radius 3 is 2.59 bits per heavy atom. The number of halogens is 1. The van der Waals surface area contributed by atoms with Gasteiger partial charge in [-0.1, -0.05) is 96.3 Å². The van der Waals surface area contributed by atoms with Crippen molar-refractivity contribution < 1.29 is 13.9 Å². The number of benzene rings is 5. The van der Waals surface area contributed by atoms with E-state index < -0.39 is 0 Å². The molecule has 1 aliphatic heterocycles. The van der Waals surface area contributed by atoms with Crippen LogP contribution in [-0.4, -0.2) is 11.7 Å². The SMILES string of the molecule is COc1cc(/C=c2\sc3n(c2=O)[C@@H](c2ccc(F)cc2)C2=C(N=3)c3ccccc3CC2)ccc1OCc1cccc2ccccc12. The lowest BCUT2D eigenvalue weighted by Crippen LogP contribution is -2.38. The summed E-state index contributed by atoms with van der Waals surface area (Å²) >= 11 is 1.36. The molecule has 5 nitrogen and oxygen atoms in total. The Hall–Kier alpha value is -5.27. The van der Waals surface area contributed by atoms with Crippen molar-refractivity contribution in [3.8, 4) is 11.5 Å². The third-order valence-corrected chi connectivity index (χ3v) is 9.79. The summed E-state index contributed by atoms with van der Waals surface area (Å²) < 4.78 is 28.2. The van der Waals surface area contributed by atoms with Crippen molar-refractivity contribution in [1.82, 2.24) is 4.57 Å². The molecule has 46 heavy (non-hydrogen) atoms. The van der Waals surface area contributed by atoms with Crippen LogP contribution in [0.15, 0.2) is 125 Å². The molecule has 0 spiro atoms. The molecule has 0 amide bonds. The molecule has 2 aliphatic rings. The first kappa shape index (κ1) is 28.2. The fraction of sp³-hybridized carbons (Fsp3) is 0.128. The number of nitrogens with zero attached hydrogens (tertiary/aromatic N) is 2. The van der Waals surface area contributed by atoms with E-state index in [1.165, 1.54) is 34.4 Å². The van der Waals surface area contributed by atoms with Crippen LogP contribution in [0.5, 0.6) is 11.5 Å². The number of fused-ring (bicyclic) bond motifs is 4. The smallest absolute Gasteiger partial charge is 0.271 e. The Balaban J connectivity index is 1.18. The molecule has 7 heteroatoms. The number of ether oxygens (including phenoxy) is 2. The maximum Gasteiger partial charge on any atom is 0.271 e. The summed E-state index contributed by atoms with van der Waals surface area (Å²) in [5.41, 5.74) is 6.98. The van der Waals surface area contributed by atoms with E-state index in [1.807, 2.05) is 54.6 Å². The van der Waals surface area contributed by atoms with Crippen LogP contribution in [0.1, 0.15) is 40.3 Å². The van der Waals surface area contributed by atoms with Crippen LogP contribution in [0.3, 0.4) is 0 Å². The third-order valence-electron chi connectivity index (χ3n) is 8.81. The molecule has 1 aliphatic carbocycles. The van der Waals surface area contributed by atoms with Gasteiger partial charge in [-0.15, -0.1) is 0 Å². The molecule has 0 radical (unpaired) electrons. The summed E-state index contributed by atoms with van der Waals surface area (Å²) in [6.07, 6.45) is 3.51. The van der Waals surface area contributed by atoms with Crippen molar-refractivity contribution >= 4 is 33.9 Å². The highest BCUT2D eigenvalue weighted by molar-refractivity contribution is 7.07. The molecule has 0 saturated heterocycles. The van der Waals surface area contributed by atoms with Gasteiger partial charge in [0.05, 0.1) is 23.4 Å². The van der Waals surface area contributed by atoms with E-state index in [4.69, 9.17) is 14.5 Å². The van der Waals surface area contributed by atoms with Gasteiger partial charge in [0.15, 0.2) is 16.3 Å². The van der Waals surface area contributed by atoms with E-state index in [0.29, 0.717) is 27.4 Å². The largest absolute Gasteiger partial charge is 0.493 e. The van der Waals surface area contributed by atoms with Gasteiger partial charge in [0.2, 0.25) is 0 Å². The van der Waals surface area contributed by atoms with E-state index in [-0.39, 0.29) is 17.4 Å². The minimum atomic E-state index is -0.360. The van der Waals surface area contributed by atoms with Crippen molar-refractivity contribution in [2.45, 2.75) is 25.5 Å². The molecule has 0 saturated carbocycles. The average molecular weight is 625 g/mol. The average Bonchev–Trinajstić information content (AvgIpc) is 3.40. The Bertz CT molecular complexity index is 2350. The normalized spacial score (nSPS) is 15.6. The van der Waals surface area contributed by atoms with Gasteiger partial charge in [-0.05, 0) is 81.8 Å². The third kappa shape index (κ3) is 4.93. The molecule has 226 valence electrons. The summed E-state index contributed by atoms with van der Waals surface area (Å²) in [6, 6.07) is 34.5. The molecule has 0 bridgehead atoms. The molecule has 1 atom stereocenters. The van der Waals surface area contributed by atoms with Gasteiger partial charge >= 0.3 is 0 Å². The van der Waals surface area contributed by atoms with Crippen LogP contribution in [0.4, 0.5) is 4.39 Å². The second-order valence-electron chi connectivity index (χ2n) is 11.5. The Morgan fingerprint density at radius 1 is 0.913 bits per heavy atom. The number of thiazole rings is 1. The van der Waals surface area contributed by atoms with Gasteiger partial charge in [0.25, 0.3) is 5.56 Å². The first-order valence-electron chi connectivity index (χ1n) is 15.2. The molecule has 2 heterocycles. The highest BCUT2D eigenvalue weighted by Gasteiger charge is 2.32. The minimum absolute atomic E-state index is 0.126. The lowest BCUT2D eigenvalue weighted by atomic mass is 9.83. The summed E-state index contributed by atoms with van der Waals surface area (Å²) in [6.45, 7) is 0.396. The van der Waals surface area contributed by atoms with Gasteiger partial charge in [-0.2, -0.15) is 0 Å². The summed E-state index contributed by atoms with van der Waals surface area (Å²) in [5.74, 6) is 0.896. The molecule has 0 N–H and O–H groups in total. The standard InChI is InChI=1S/C39H29FN2O3S/c1-44-34-21-24(13-20-33(34)45-23-28-10-6-9-25-7-2-4-11-30(25)28)22-35-38(43)42-37(27-14-17-29(40)18-15-27)32-19-16-26-8-3-5-12-31(26)36(32)41-39(42)46-35/h2-15,17-18,20-22,37H,16,19,23H2,1H3/b35-22-/t37-/m0/s1. The number of rotatable bonds is 6. The molecular weight excluding hydrogens is 596 g/mol. The number of hydrogen-bond donors (Lipinski definition) is 0. The zero-order valence-corrected chi connectivity index (χ0v) is 25.9. The molecule has 6 aromatic rings. The van der Waals surface area contributed by atoms with Crippen molar-refractivity contribution in [2.75, 3.05) is 7.11 Å².